The second-order valence-corrected chi connectivity index (χ2v) is 18.7. The summed E-state index contributed by atoms with van der Waals surface area (Å²) >= 11 is 6.49. The second kappa shape index (κ2) is 13.9. The molecule has 7 N–H and O–H groups in total. The number of rotatable bonds is 8. The summed E-state index contributed by atoms with van der Waals surface area (Å²) in [5.41, 5.74) is 0.140. The summed E-state index contributed by atoms with van der Waals surface area (Å²) in [5.74, 6) is -1.90. The van der Waals surface area contributed by atoms with Crippen LogP contribution in [0.15, 0.2) is 42.5 Å². The van der Waals surface area contributed by atoms with Crippen LogP contribution in [0.2, 0.25) is 23.7 Å². The van der Waals surface area contributed by atoms with Crippen LogP contribution in [0.3, 0.4) is 0 Å². The third kappa shape index (κ3) is 6.38. The van der Waals surface area contributed by atoms with E-state index in [0.717, 1.165) is 6.42 Å². The number of halogens is 1. The van der Waals surface area contributed by atoms with Crippen molar-refractivity contribution in [3.63, 3.8) is 0 Å². The van der Waals surface area contributed by atoms with Gasteiger partial charge in [0.25, 0.3) is 11.8 Å². The highest BCUT2D eigenvalue weighted by Gasteiger charge is 2.66. The lowest BCUT2D eigenvalue weighted by molar-refractivity contribution is -0.274. The molecule has 0 radical (unpaired) electrons. The Labute approximate surface area is 295 Å². The third-order valence-corrected chi connectivity index (χ3v) is 13.4. The van der Waals surface area contributed by atoms with Gasteiger partial charge < -0.3 is 54.9 Å². The fourth-order valence-corrected chi connectivity index (χ4v) is 10.9. The van der Waals surface area contributed by atoms with Gasteiger partial charge in [0, 0.05) is 34.3 Å². The smallest absolute Gasteiger partial charge is 0.264 e. The fourth-order valence-electron chi connectivity index (χ4n) is 8.22. The van der Waals surface area contributed by atoms with Gasteiger partial charge in [0.1, 0.15) is 18.3 Å². The average molecular weight is 734 g/mol. The molecule has 0 saturated carbocycles. The summed E-state index contributed by atoms with van der Waals surface area (Å²) in [7, 11) is -3.03. The lowest BCUT2D eigenvalue weighted by atomic mass is 9.82. The van der Waals surface area contributed by atoms with E-state index in [-0.39, 0.29) is 37.4 Å². The van der Waals surface area contributed by atoms with Crippen LogP contribution >= 0.6 is 11.6 Å². The van der Waals surface area contributed by atoms with Crippen molar-refractivity contribution in [3.8, 4) is 0 Å². The molecule has 14 nitrogen and oxygen atoms in total. The predicted molar refractivity (Wildman–Crippen MR) is 182 cm³/mol. The number of fused-ring (bicyclic) bond motifs is 2. The van der Waals surface area contributed by atoms with Gasteiger partial charge in [-0.1, -0.05) is 30.7 Å². The maximum atomic E-state index is 14.7. The summed E-state index contributed by atoms with van der Waals surface area (Å²) < 4.78 is 11.8. The number of carbonyl (C=O) groups is 3. The molecule has 4 heterocycles. The molecule has 6 rings (SSSR count). The Bertz CT molecular complexity index is 1630. The van der Waals surface area contributed by atoms with E-state index in [1.165, 1.54) is 0 Å². The minimum atomic E-state index is -3.03. The van der Waals surface area contributed by atoms with E-state index < -0.39 is 68.1 Å². The van der Waals surface area contributed by atoms with E-state index in [4.69, 9.17) is 21.1 Å². The predicted octanol–water partition coefficient (Wildman–Crippen LogP) is 0.796. The Morgan fingerprint density at radius 3 is 2.42 bits per heavy atom. The van der Waals surface area contributed by atoms with Crippen LogP contribution in [0.1, 0.15) is 37.3 Å². The van der Waals surface area contributed by atoms with Gasteiger partial charge in [-0.15, -0.1) is 0 Å². The number of anilines is 2. The zero-order chi connectivity index (χ0) is 36.3. The summed E-state index contributed by atoms with van der Waals surface area (Å²) in [6.45, 7) is 5.95. The Hall–Kier alpha value is -2.96. The van der Waals surface area contributed by atoms with Gasteiger partial charge >= 0.3 is 0 Å². The van der Waals surface area contributed by atoms with Crippen molar-refractivity contribution in [2.24, 2.45) is 5.92 Å². The van der Waals surface area contributed by atoms with E-state index in [2.05, 4.69) is 5.32 Å². The van der Waals surface area contributed by atoms with Crippen molar-refractivity contribution in [2.45, 2.75) is 99.8 Å². The highest BCUT2D eigenvalue weighted by molar-refractivity contribution is 6.71. The van der Waals surface area contributed by atoms with E-state index >= 15 is 0 Å². The van der Waals surface area contributed by atoms with Gasteiger partial charge in [0.2, 0.25) is 5.91 Å². The van der Waals surface area contributed by atoms with Crippen LogP contribution in [0.5, 0.6) is 0 Å². The molecule has 4 aliphatic heterocycles. The molecule has 0 bridgehead atoms. The van der Waals surface area contributed by atoms with Crippen molar-refractivity contribution in [1.29, 1.82) is 0 Å². The number of aliphatic hydroxyl groups is 5. The lowest BCUT2D eigenvalue weighted by Gasteiger charge is -2.37. The largest absolute Gasteiger partial charge is 0.432 e. The molecule has 0 aliphatic carbocycles. The van der Waals surface area contributed by atoms with E-state index in [0.29, 0.717) is 40.5 Å². The zero-order valence-corrected chi connectivity index (χ0v) is 29.7. The van der Waals surface area contributed by atoms with Gasteiger partial charge in [-0.25, -0.2) is 0 Å². The Kier molecular flexibility index (Phi) is 10.2. The SMILES string of the molecule is C[C@@H]1[C@@H]([Si](C)(C)O)[C@H](CC(=O)N2CCC[C@H]2CO)O[C@@]12C(=O)N(Cc1ccc(NC(=O)[C@H]3O[C@@H](O)[C@H](O)[C@@H](O)[C@@H]3O)cc1)c1ccc(Cl)cc12. The van der Waals surface area contributed by atoms with Crippen molar-refractivity contribution < 1.29 is 54.2 Å². The van der Waals surface area contributed by atoms with Gasteiger partial charge in [0.15, 0.2) is 26.3 Å². The normalized spacial score (nSPS) is 34.0. The molecule has 0 unspecified atom stereocenters. The molecular weight excluding hydrogens is 690 g/mol. The number of hydrogen-bond donors (Lipinski definition) is 7. The van der Waals surface area contributed by atoms with Gasteiger partial charge in [0.05, 0.1) is 37.4 Å². The minimum absolute atomic E-state index is 0.0396. The van der Waals surface area contributed by atoms with Crippen LogP contribution in [0.25, 0.3) is 0 Å². The highest BCUT2D eigenvalue weighted by atomic mass is 35.5. The van der Waals surface area contributed by atoms with Crippen LogP contribution in [0, 0.1) is 5.92 Å². The zero-order valence-electron chi connectivity index (χ0n) is 28.0. The number of benzene rings is 2. The first-order valence-electron chi connectivity index (χ1n) is 16.8. The Morgan fingerprint density at radius 1 is 1.06 bits per heavy atom. The Balaban J connectivity index is 1.24. The Morgan fingerprint density at radius 2 is 1.76 bits per heavy atom. The number of nitrogens with zero attached hydrogens (tertiary/aromatic N) is 2. The number of likely N-dealkylation sites (tertiary alicyclic amines) is 1. The van der Waals surface area contributed by atoms with Crippen molar-refractivity contribution in [1.82, 2.24) is 4.90 Å². The first-order chi connectivity index (χ1) is 23.6. The number of aliphatic hydroxyl groups excluding tert-OH is 5. The molecule has 3 amide bonds. The number of ether oxygens (including phenoxy) is 2. The molecule has 10 atom stereocenters. The van der Waals surface area contributed by atoms with Crippen LogP contribution in [-0.4, -0.2) is 117 Å². The molecule has 50 heavy (non-hydrogen) atoms. The average Bonchev–Trinajstić information content (AvgIpc) is 3.73. The first-order valence-corrected chi connectivity index (χ1v) is 20.2. The van der Waals surface area contributed by atoms with Crippen molar-refractivity contribution in [3.05, 3.63) is 58.6 Å². The number of amides is 3. The summed E-state index contributed by atoms with van der Waals surface area (Å²) in [4.78, 5) is 55.8. The van der Waals surface area contributed by atoms with E-state index in [1.807, 2.05) is 6.92 Å². The highest BCUT2D eigenvalue weighted by Crippen LogP contribution is 2.60. The first kappa shape index (κ1) is 36.8. The molecule has 0 aromatic heterocycles. The molecule has 2 aromatic rings. The molecule has 16 heteroatoms. The quantitative estimate of drug-likeness (QED) is 0.189. The summed E-state index contributed by atoms with van der Waals surface area (Å²) in [6.07, 6.45) is -8.13. The lowest BCUT2D eigenvalue weighted by Crippen LogP contribution is -2.60. The molecule has 3 fully saturated rings. The third-order valence-electron chi connectivity index (χ3n) is 10.6. The standard InChI is InChI=1S/C34H44ClN3O11Si/c1-17-30(50(2,3)47)24(14-25(40)37-12-4-5-21(37)16-39)49-34(17)22-13-19(35)8-11-23(22)38(33(34)46)15-18-6-9-20(10-7-18)36-31(44)29-27(42)26(41)28(43)32(45)48-29/h6-11,13,17,21,24,26-30,32,39,41-43,45,47H,4-5,12,14-16H2,1-3H3,(H,36,44)/t17-,21+,24+,26+,27+,28-,29+,30-,32-,34+/m1/s1. The van der Waals surface area contributed by atoms with Crippen LogP contribution in [-0.2, 0) is 36.0 Å². The van der Waals surface area contributed by atoms with Crippen LogP contribution < -0.4 is 10.2 Å². The number of hydrogen-bond acceptors (Lipinski definition) is 11. The monoisotopic (exact) mass is 733 g/mol. The van der Waals surface area contributed by atoms with E-state index in [1.54, 1.807) is 65.4 Å². The molecule has 272 valence electrons. The number of nitrogens with one attached hydrogen (secondary N) is 1. The molecular formula is C34H44ClN3O11Si. The molecule has 2 aromatic carbocycles. The summed E-state index contributed by atoms with van der Waals surface area (Å²) in [6, 6.07) is 11.4. The topological polar surface area (TPSA) is 210 Å². The molecule has 4 aliphatic rings. The van der Waals surface area contributed by atoms with E-state index in [9.17, 15) is 44.7 Å². The maximum Gasteiger partial charge on any atom is 0.264 e. The fraction of sp³-hybridized carbons (Fsp3) is 0.559. The van der Waals surface area contributed by atoms with Gasteiger partial charge in [-0.2, -0.15) is 0 Å². The van der Waals surface area contributed by atoms with Crippen molar-refractivity contribution in [2.75, 3.05) is 23.4 Å². The van der Waals surface area contributed by atoms with Crippen LogP contribution in [0.4, 0.5) is 11.4 Å². The maximum absolute atomic E-state index is 14.7. The minimum Gasteiger partial charge on any atom is -0.432 e. The second-order valence-electron chi connectivity index (χ2n) is 14.3. The van der Waals surface area contributed by atoms with Gasteiger partial charge in [-0.05, 0) is 61.8 Å². The summed E-state index contributed by atoms with van der Waals surface area (Å²) in [5, 5.41) is 52.4. The van der Waals surface area contributed by atoms with Gasteiger partial charge in [-0.3, -0.25) is 14.4 Å². The molecule has 3 saturated heterocycles. The van der Waals surface area contributed by atoms with Crippen molar-refractivity contribution >= 4 is 49.0 Å². The molecule has 1 spiro atoms. The number of carbonyl (C=O) groups excluding carboxylic acids is 3.